The number of hydrogen-bond donors (Lipinski definition) is 7. The molecule has 5 amide bonds. The summed E-state index contributed by atoms with van der Waals surface area (Å²) in [4.78, 5) is 66.2. The Hall–Kier alpha value is -2.93. The quantitative estimate of drug-likeness (QED) is 0.179. The van der Waals surface area contributed by atoms with Crippen molar-refractivity contribution in [1.29, 1.82) is 0 Å². The van der Waals surface area contributed by atoms with Crippen LogP contribution in [-0.2, 0) is 28.8 Å². The third kappa shape index (κ3) is 14.6. The number of carbonyl (C=O) groups excluding carboxylic acids is 5. The number of nitrogens with two attached hydrogens (primary N) is 1. The number of amides is 5. The van der Waals surface area contributed by atoms with Gasteiger partial charge in [0.2, 0.25) is 29.5 Å². The van der Waals surface area contributed by atoms with Crippen LogP contribution in [0.4, 0.5) is 0 Å². The molecule has 0 aliphatic heterocycles. The number of carbonyl (C=O) groups is 6. The number of nitrogens with one attached hydrogen (secondary N) is 5. The molecule has 13 nitrogen and oxygen atoms in total. The van der Waals surface area contributed by atoms with Crippen LogP contribution in [0.3, 0.4) is 0 Å². The molecule has 0 fully saturated rings. The van der Waals surface area contributed by atoms with Crippen LogP contribution in [0.5, 0.6) is 0 Å². The van der Waals surface area contributed by atoms with Gasteiger partial charge in [-0.1, -0.05) is 0 Å². The molecule has 0 aromatic carbocycles. The summed E-state index contributed by atoms with van der Waals surface area (Å²) in [5.74, 6) is -4.41. The fraction of sp³-hybridized carbons (Fsp3) is 0.500. The van der Waals surface area contributed by atoms with Crippen LogP contribution in [0.15, 0.2) is 0 Å². The average Bonchev–Trinajstić information content (AvgIpc) is 2.58. The number of halogens is 1. The Morgan fingerprint density at radius 2 is 0.846 bits per heavy atom. The molecule has 8 N–H and O–H groups in total. The number of aliphatic carboxylic acids is 1. The van der Waals surface area contributed by atoms with Gasteiger partial charge >= 0.3 is 5.97 Å². The van der Waals surface area contributed by atoms with E-state index in [9.17, 15) is 28.8 Å². The molecule has 0 rings (SSSR count). The number of carboxylic acid groups (broad SMARTS) is 1. The van der Waals surface area contributed by atoms with Crippen molar-refractivity contribution in [2.24, 2.45) is 5.73 Å². The van der Waals surface area contributed by atoms with Crippen molar-refractivity contribution in [3.63, 3.8) is 0 Å². The van der Waals surface area contributed by atoms with Gasteiger partial charge in [0, 0.05) is 0 Å². The summed E-state index contributed by atoms with van der Waals surface area (Å²) in [6.45, 7) is -2.47. The molecule has 148 valence electrons. The Labute approximate surface area is 154 Å². The van der Waals surface area contributed by atoms with E-state index < -0.39 is 61.7 Å². The lowest BCUT2D eigenvalue weighted by Crippen LogP contribution is -2.46. The number of hydrogen-bond acceptors (Lipinski definition) is 7. The maximum atomic E-state index is 11.4. The first-order chi connectivity index (χ1) is 11.7. The van der Waals surface area contributed by atoms with E-state index in [1.54, 1.807) is 0 Å². The predicted octanol–water partition coefficient (Wildman–Crippen LogP) is -4.97. The molecule has 0 saturated heterocycles. The van der Waals surface area contributed by atoms with Gasteiger partial charge in [0.05, 0.1) is 32.7 Å². The molecule has 0 aliphatic carbocycles. The van der Waals surface area contributed by atoms with Gasteiger partial charge < -0.3 is 37.4 Å². The summed E-state index contributed by atoms with van der Waals surface area (Å²) in [6.07, 6.45) is 0. The van der Waals surface area contributed by atoms with Crippen LogP contribution < -0.4 is 32.3 Å². The van der Waals surface area contributed by atoms with E-state index in [1.165, 1.54) is 0 Å². The Morgan fingerprint density at radius 3 is 1.12 bits per heavy atom. The van der Waals surface area contributed by atoms with Gasteiger partial charge in [-0.2, -0.15) is 0 Å². The molecule has 0 saturated carbocycles. The van der Waals surface area contributed by atoms with Gasteiger partial charge in [-0.25, -0.2) is 0 Å². The third-order valence-electron chi connectivity index (χ3n) is 2.41. The minimum atomic E-state index is -1.23. The monoisotopic (exact) mass is 396 g/mol. The number of rotatable bonds is 11. The zero-order chi connectivity index (χ0) is 19.2. The standard InChI is InChI=1S/C12H20N6O7.ClH/c13-1-7(19)14-2-8(20)15-3-9(21)16-4-10(22)17-5-11(23)18-6-12(24)25;/h1-6,13H2,(H,14,19)(H,15,20)(H,16,21)(H,17,22)(H,18,23)(H,24,25);1H. The zero-order valence-corrected chi connectivity index (χ0v) is 14.4. The molecule has 0 aromatic rings. The van der Waals surface area contributed by atoms with Gasteiger partial charge in [-0.05, 0) is 0 Å². The van der Waals surface area contributed by atoms with Gasteiger partial charge in [0.1, 0.15) is 6.54 Å². The molecule has 0 unspecified atom stereocenters. The highest BCUT2D eigenvalue weighted by molar-refractivity contribution is 5.91. The molecular weight excluding hydrogens is 376 g/mol. The maximum Gasteiger partial charge on any atom is 0.322 e. The van der Waals surface area contributed by atoms with E-state index in [2.05, 4.69) is 21.3 Å². The lowest BCUT2D eigenvalue weighted by Gasteiger charge is -2.08. The van der Waals surface area contributed by atoms with Crippen LogP contribution in [-0.4, -0.2) is 79.9 Å². The van der Waals surface area contributed by atoms with E-state index in [1.807, 2.05) is 5.32 Å². The van der Waals surface area contributed by atoms with Crippen LogP contribution in [0.2, 0.25) is 0 Å². The second-order valence-electron chi connectivity index (χ2n) is 4.48. The molecule has 14 heteroatoms. The molecule has 0 spiro atoms. The summed E-state index contributed by atoms with van der Waals surface area (Å²) >= 11 is 0. The highest BCUT2D eigenvalue weighted by Gasteiger charge is 2.10. The SMILES string of the molecule is Cl.NCC(=O)NCC(=O)NCC(=O)NCC(=O)NCC(=O)NCC(=O)O. The second-order valence-corrected chi connectivity index (χ2v) is 4.48. The molecule has 0 heterocycles. The Morgan fingerprint density at radius 1 is 0.577 bits per heavy atom. The number of carboxylic acids is 1. The molecule has 0 atom stereocenters. The minimum Gasteiger partial charge on any atom is -0.480 e. The van der Waals surface area contributed by atoms with Crippen molar-refractivity contribution in [2.75, 3.05) is 39.3 Å². The van der Waals surface area contributed by atoms with E-state index >= 15 is 0 Å². The van der Waals surface area contributed by atoms with Crippen molar-refractivity contribution in [1.82, 2.24) is 26.6 Å². The van der Waals surface area contributed by atoms with Crippen molar-refractivity contribution in [2.45, 2.75) is 0 Å². The van der Waals surface area contributed by atoms with E-state index in [-0.39, 0.29) is 25.5 Å². The predicted molar refractivity (Wildman–Crippen MR) is 89.0 cm³/mol. The zero-order valence-electron chi connectivity index (χ0n) is 13.6. The summed E-state index contributed by atoms with van der Waals surface area (Å²) in [7, 11) is 0. The smallest absolute Gasteiger partial charge is 0.322 e. The summed E-state index contributed by atoms with van der Waals surface area (Å²) in [5.41, 5.74) is 5.02. The summed E-state index contributed by atoms with van der Waals surface area (Å²) in [6, 6.07) is 0. The van der Waals surface area contributed by atoms with Crippen molar-refractivity contribution < 1.29 is 33.9 Å². The molecule has 0 bridgehead atoms. The van der Waals surface area contributed by atoms with Gasteiger partial charge in [0.25, 0.3) is 0 Å². The van der Waals surface area contributed by atoms with Crippen molar-refractivity contribution >= 4 is 47.9 Å². The largest absolute Gasteiger partial charge is 0.480 e. The highest BCUT2D eigenvalue weighted by atomic mass is 35.5. The molecular formula is C12H21ClN6O7. The van der Waals surface area contributed by atoms with Gasteiger partial charge in [-0.3, -0.25) is 28.8 Å². The third-order valence-corrected chi connectivity index (χ3v) is 2.41. The Kier molecular flexibility index (Phi) is 14.0. The molecule has 26 heavy (non-hydrogen) atoms. The first-order valence-electron chi connectivity index (χ1n) is 7.00. The lowest BCUT2D eigenvalue weighted by atomic mass is 10.4. The van der Waals surface area contributed by atoms with Crippen molar-refractivity contribution in [3.8, 4) is 0 Å². The van der Waals surface area contributed by atoms with E-state index in [0.717, 1.165) is 0 Å². The van der Waals surface area contributed by atoms with Gasteiger partial charge in [-0.15, -0.1) is 12.4 Å². The fourth-order valence-corrected chi connectivity index (χ4v) is 1.21. The average molecular weight is 397 g/mol. The van der Waals surface area contributed by atoms with E-state index in [4.69, 9.17) is 10.8 Å². The minimum absolute atomic E-state index is 0. The molecule has 0 aliphatic rings. The first kappa shape index (κ1) is 25.3. The summed E-state index contributed by atoms with van der Waals surface area (Å²) < 4.78 is 0. The van der Waals surface area contributed by atoms with Crippen LogP contribution >= 0.6 is 12.4 Å². The van der Waals surface area contributed by atoms with Gasteiger partial charge in [0.15, 0.2) is 0 Å². The first-order valence-corrected chi connectivity index (χ1v) is 7.00. The van der Waals surface area contributed by atoms with Crippen LogP contribution in [0.25, 0.3) is 0 Å². The van der Waals surface area contributed by atoms with Crippen LogP contribution in [0, 0.1) is 0 Å². The van der Waals surface area contributed by atoms with Crippen molar-refractivity contribution in [3.05, 3.63) is 0 Å². The highest BCUT2D eigenvalue weighted by Crippen LogP contribution is 1.71. The lowest BCUT2D eigenvalue weighted by molar-refractivity contribution is -0.137. The Balaban J connectivity index is 0. The molecule has 0 aromatic heterocycles. The maximum absolute atomic E-state index is 11.4. The van der Waals surface area contributed by atoms with Crippen LogP contribution in [0.1, 0.15) is 0 Å². The topological polar surface area (TPSA) is 209 Å². The second kappa shape index (κ2) is 14.4. The summed E-state index contributed by atoms with van der Waals surface area (Å²) in [5, 5.41) is 19.1. The molecule has 0 radical (unpaired) electrons. The van der Waals surface area contributed by atoms with E-state index in [0.29, 0.717) is 0 Å². The normalized spacial score (nSPS) is 9.12. The Bertz CT molecular complexity index is 542. The fourth-order valence-electron chi connectivity index (χ4n) is 1.21.